The van der Waals surface area contributed by atoms with Gasteiger partial charge in [-0.2, -0.15) is 0 Å². The monoisotopic (exact) mass is 542 g/mol. The van der Waals surface area contributed by atoms with Crippen LogP contribution in [0.2, 0.25) is 0 Å². The maximum absolute atomic E-state index is 14.8. The predicted molar refractivity (Wildman–Crippen MR) is 130 cm³/mol. The fraction of sp³-hybridized carbons (Fsp3) is 0.333. The largest absolute Gasteiger partial charge is 0.465 e. The molecule has 0 spiro atoms. The molecule has 194 valence electrons. The van der Waals surface area contributed by atoms with Gasteiger partial charge < -0.3 is 24.5 Å². The van der Waals surface area contributed by atoms with E-state index in [1.807, 2.05) is 0 Å². The van der Waals surface area contributed by atoms with E-state index in [0.717, 1.165) is 6.08 Å². The average Bonchev–Trinajstić information content (AvgIpc) is 3.42. The summed E-state index contributed by atoms with van der Waals surface area (Å²) >= 11 is 0. The number of anilines is 1. The van der Waals surface area contributed by atoms with E-state index in [0.29, 0.717) is 5.52 Å². The van der Waals surface area contributed by atoms with Crippen molar-refractivity contribution in [2.24, 2.45) is 0 Å². The van der Waals surface area contributed by atoms with Crippen molar-refractivity contribution in [2.45, 2.75) is 32.4 Å². The lowest BCUT2D eigenvalue weighted by atomic mass is 10.3. The van der Waals surface area contributed by atoms with Crippen LogP contribution in [-0.4, -0.2) is 50.8 Å². The third kappa shape index (κ3) is 6.18. The van der Waals surface area contributed by atoms with Gasteiger partial charge in [0.25, 0.3) is 0 Å². The second kappa shape index (κ2) is 11.8. The molecular weight excluding hydrogens is 518 g/mol. The molecule has 3 N–H and O–H groups in total. The van der Waals surface area contributed by atoms with E-state index in [2.05, 4.69) is 20.0 Å². The second-order valence-corrected chi connectivity index (χ2v) is 9.51. The number of carbonyl (C=O) groups excluding carboxylic acids is 1. The first-order valence-electron chi connectivity index (χ1n) is 10.6. The van der Waals surface area contributed by atoms with Crippen LogP contribution in [0.5, 0.6) is 5.75 Å². The summed E-state index contributed by atoms with van der Waals surface area (Å²) in [5.74, 6) is -0.847. The number of nitrogens with one attached hydrogen (secondary N) is 1. The molecule has 4 rings (SSSR count). The Kier molecular flexibility index (Phi) is 8.98. The van der Waals surface area contributed by atoms with E-state index in [4.69, 9.17) is 24.5 Å². The zero-order valence-electron chi connectivity index (χ0n) is 19.3. The Balaban J connectivity index is 0.00000361. The number of carbonyl (C=O) groups is 1. The molecule has 0 saturated heterocycles. The Hall–Kier alpha value is -3.09. The van der Waals surface area contributed by atoms with Crippen LogP contribution in [0.3, 0.4) is 0 Å². The van der Waals surface area contributed by atoms with Gasteiger partial charge in [0, 0.05) is 6.08 Å². The number of ether oxygens (including phenoxy) is 3. The highest BCUT2D eigenvalue weighted by Gasteiger charge is 2.36. The molecule has 0 fully saturated rings. The van der Waals surface area contributed by atoms with Crippen molar-refractivity contribution in [2.75, 3.05) is 18.7 Å². The van der Waals surface area contributed by atoms with Crippen molar-refractivity contribution in [3.63, 3.8) is 0 Å². The molecule has 1 unspecified atom stereocenters. The number of esters is 1. The summed E-state index contributed by atoms with van der Waals surface area (Å²) in [5.41, 5.74) is 6.35. The second-order valence-electron chi connectivity index (χ2n) is 7.47. The van der Waals surface area contributed by atoms with Crippen molar-refractivity contribution in [3.8, 4) is 5.75 Å². The summed E-state index contributed by atoms with van der Waals surface area (Å²) in [4.78, 5) is 24.1. The number of hydrogen-bond acceptors (Lipinski definition) is 10. The number of hydrogen-bond donors (Lipinski definition) is 2. The topological polar surface area (TPSA) is 153 Å². The highest BCUT2D eigenvalue weighted by molar-refractivity contribution is 7.57. The van der Waals surface area contributed by atoms with Gasteiger partial charge in [0.1, 0.15) is 23.6 Å². The van der Waals surface area contributed by atoms with Crippen LogP contribution in [0.25, 0.3) is 11.2 Å². The lowest BCUT2D eigenvalue weighted by molar-refractivity contribution is -0.144. The maximum atomic E-state index is 14.8. The summed E-state index contributed by atoms with van der Waals surface area (Å²) in [5, 5.41) is 2.65. The first-order valence-corrected chi connectivity index (χ1v) is 12.5. The zero-order chi connectivity index (χ0) is 25.0. The van der Waals surface area contributed by atoms with Crippen LogP contribution in [0, 0.1) is 0 Å². The summed E-state index contributed by atoms with van der Waals surface area (Å²) in [6.07, 6.45) is 0.676. The van der Waals surface area contributed by atoms with Gasteiger partial charge in [0.2, 0.25) is 0 Å². The number of nitrogens with two attached hydrogens (primary N) is 1. The molecule has 4 atom stereocenters. The molecule has 0 aliphatic carbocycles. The smallest absolute Gasteiger partial charge is 0.342 e. The number of nitrogens with zero attached hydrogens (tertiary/aromatic N) is 4. The molecule has 3 heterocycles. The van der Waals surface area contributed by atoms with E-state index in [1.165, 1.54) is 24.1 Å². The molecule has 36 heavy (non-hydrogen) atoms. The van der Waals surface area contributed by atoms with Gasteiger partial charge in [0.15, 0.2) is 36.2 Å². The number of imidazole rings is 1. The summed E-state index contributed by atoms with van der Waals surface area (Å²) < 4.78 is 51.5. The minimum atomic E-state index is -3.83. The summed E-state index contributed by atoms with van der Waals surface area (Å²) in [6.45, 7) is 3.30. The third-order valence-corrected chi connectivity index (χ3v) is 6.64. The Morgan fingerprint density at radius 1 is 1.31 bits per heavy atom. The summed E-state index contributed by atoms with van der Waals surface area (Å²) in [6, 6.07) is 7.40. The van der Waals surface area contributed by atoms with Crippen LogP contribution in [0.4, 0.5) is 10.2 Å². The van der Waals surface area contributed by atoms with Gasteiger partial charge in [-0.1, -0.05) is 18.2 Å². The van der Waals surface area contributed by atoms with Crippen LogP contribution in [-0.2, 0) is 23.6 Å². The molecular formula is C21H25ClFN6O6P. The van der Waals surface area contributed by atoms with E-state index in [9.17, 15) is 13.8 Å². The number of nitrogen functional groups attached to an aromatic ring is 1. The Morgan fingerprint density at radius 2 is 2.06 bits per heavy atom. The number of benzene rings is 1. The highest BCUT2D eigenvalue weighted by atomic mass is 35.5. The molecule has 1 aromatic carbocycles. The molecule has 0 saturated carbocycles. The minimum absolute atomic E-state index is 0. The first-order chi connectivity index (χ1) is 16.8. The van der Waals surface area contributed by atoms with Gasteiger partial charge in [0.05, 0.1) is 12.9 Å². The zero-order valence-corrected chi connectivity index (χ0v) is 21.0. The average molecular weight is 543 g/mol. The number of rotatable bonds is 10. The standard InChI is InChI=1S/C21H24FN6O6P.ClH/c1-3-31-21(29)13(2)27-35(30,34-14-7-5-4-6-8-14)12-32-16-9-15(22)20(33-16)28-11-26-17-18(23)24-10-25-19(17)28;/h4-11,13,16,20H,3,12H2,1-2H3,(H,27,30)(H2,23,24,25);1H/t13-,16-,20+,35?;/m0./s1. The van der Waals surface area contributed by atoms with Gasteiger partial charge in [-0.3, -0.25) is 13.9 Å². The van der Waals surface area contributed by atoms with Crippen LogP contribution in [0.15, 0.2) is 54.9 Å². The number of halogens is 2. The molecule has 0 amide bonds. The molecule has 0 bridgehead atoms. The SMILES string of the molecule is CCOC(=O)[C@H](C)NP(=O)(CO[C@@H]1C=C(F)[C@H](n2cnc3c(N)ncnc32)O1)Oc1ccccc1.Cl. The number of fused-ring (bicyclic) bond motifs is 1. The van der Waals surface area contributed by atoms with Gasteiger partial charge in [-0.05, 0) is 26.0 Å². The lowest BCUT2D eigenvalue weighted by Gasteiger charge is -2.24. The molecule has 15 heteroatoms. The van der Waals surface area contributed by atoms with Crippen molar-refractivity contribution in [1.82, 2.24) is 24.6 Å². The van der Waals surface area contributed by atoms with E-state index in [-0.39, 0.29) is 36.2 Å². The summed E-state index contributed by atoms with van der Waals surface area (Å²) in [7, 11) is -3.83. The quantitative estimate of drug-likeness (QED) is 0.286. The Morgan fingerprint density at radius 3 is 2.78 bits per heavy atom. The first kappa shape index (κ1) is 27.5. The lowest BCUT2D eigenvalue weighted by Crippen LogP contribution is -2.36. The maximum Gasteiger partial charge on any atom is 0.342 e. The van der Waals surface area contributed by atoms with Crippen molar-refractivity contribution in [3.05, 3.63) is 54.9 Å². The molecule has 0 radical (unpaired) electrons. The van der Waals surface area contributed by atoms with Crippen molar-refractivity contribution >= 4 is 42.9 Å². The van der Waals surface area contributed by atoms with Gasteiger partial charge in [-0.25, -0.2) is 24.4 Å². The van der Waals surface area contributed by atoms with Crippen molar-refractivity contribution < 1.29 is 32.5 Å². The third-order valence-electron chi connectivity index (χ3n) is 4.87. The van der Waals surface area contributed by atoms with Crippen LogP contribution < -0.4 is 15.3 Å². The minimum Gasteiger partial charge on any atom is -0.465 e. The predicted octanol–water partition coefficient (Wildman–Crippen LogP) is 3.33. The fourth-order valence-corrected chi connectivity index (χ4v) is 4.98. The molecule has 3 aromatic rings. The molecule has 1 aliphatic rings. The molecule has 1 aliphatic heterocycles. The van der Waals surface area contributed by atoms with Gasteiger partial charge in [-0.15, -0.1) is 12.4 Å². The number of aromatic nitrogens is 4. The van der Waals surface area contributed by atoms with Crippen LogP contribution in [0.1, 0.15) is 20.1 Å². The van der Waals surface area contributed by atoms with Gasteiger partial charge >= 0.3 is 13.5 Å². The normalized spacial score (nSPS) is 19.7. The van der Waals surface area contributed by atoms with E-state index >= 15 is 0 Å². The van der Waals surface area contributed by atoms with Crippen molar-refractivity contribution in [1.29, 1.82) is 0 Å². The van der Waals surface area contributed by atoms with E-state index in [1.54, 1.807) is 37.3 Å². The Labute approximate surface area is 211 Å². The molecule has 2 aromatic heterocycles. The highest BCUT2D eigenvalue weighted by Crippen LogP contribution is 2.45. The van der Waals surface area contributed by atoms with E-state index < -0.39 is 44.2 Å². The number of para-hydroxylation sites is 1. The molecule has 12 nitrogen and oxygen atoms in total. The fourth-order valence-electron chi connectivity index (χ4n) is 3.30. The Bertz CT molecular complexity index is 1280. The van der Waals surface area contributed by atoms with Crippen LogP contribution >= 0.6 is 19.9 Å².